The summed E-state index contributed by atoms with van der Waals surface area (Å²) in [6.07, 6.45) is 10.5. The standard InChI is InChI=1S/C18H36N4O/c1-19-17(20-12-6-9-16-7-4-5-8-16)21-15-18(22(2)3)10-13-23-14-11-18/h16H,4-15H2,1-3H3,(H2,19,20,21). The fraction of sp³-hybridized carbons (Fsp3) is 0.944. The van der Waals surface area contributed by atoms with E-state index in [9.17, 15) is 0 Å². The van der Waals surface area contributed by atoms with Crippen molar-refractivity contribution in [1.82, 2.24) is 15.5 Å². The number of guanidine groups is 1. The summed E-state index contributed by atoms with van der Waals surface area (Å²) in [5, 5.41) is 7.01. The van der Waals surface area contributed by atoms with Gasteiger partial charge in [0.25, 0.3) is 0 Å². The van der Waals surface area contributed by atoms with Gasteiger partial charge in [0.2, 0.25) is 0 Å². The molecule has 0 unspecified atom stereocenters. The molecule has 1 aliphatic heterocycles. The summed E-state index contributed by atoms with van der Waals surface area (Å²) in [7, 11) is 6.20. The molecule has 0 aromatic heterocycles. The van der Waals surface area contributed by atoms with Gasteiger partial charge in [-0.25, -0.2) is 0 Å². The van der Waals surface area contributed by atoms with E-state index >= 15 is 0 Å². The predicted octanol–water partition coefficient (Wildman–Crippen LogP) is 2.23. The van der Waals surface area contributed by atoms with Crippen LogP contribution in [0.3, 0.4) is 0 Å². The molecule has 0 radical (unpaired) electrons. The summed E-state index contributed by atoms with van der Waals surface area (Å²) >= 11 is 0. The van der Waals surface area contributed by atoms with Crippen molar-refractivity contribution >= 4 is 5.96 Å². The molecule has 0 aromatic rings. The number of ether oxygens (including phenoxy) is 1. The number of likely N-dealkylation sites (N-methyl/N-ethyl adjacent to an activating group) is 1. The highest BCUT2D eigenvalue weighted by atomic mass is 16.5. The van der Waals surface area contributed by atoms with Crippen molar-refractivity contribution in [2.75, 3.05) is 47.4 Å². The van der Waals surface area contributed by atoms with Crippen molar-refractivity contribution in [3.8, 4) is 0 Å². The zero-order chi connectivity index (χ0) is 16.5. The summed E-state index contributed by atoms with van der Waals surface area (Å²) in [6, 6.07) is 0. The van der Waals surface area contributed by atoms with Gasteiger partial charge in [0.15, 0.2) is 5.96 Å². The second-order valence-corrected chi connectivity index (χ2v) is 7.38. The van der Waals surface area contributed by atoms with E-state index in [1.807, 2.05) is 7.05 Å². The highest BCUT2D eigenvalue weighted by molar-refractivity contribution is 5.79. The molecule has 2 rings (SSSR count). The third-order valence-corrected chi connectivity index (χ3v) is 5.74. The molecule has 0 atom stereocenters. The Morgan fingerprint density at radius 1 is 1.17 bits per heavy atom. The van der Waals surface area contributed by atoms with Crippen LogP contribution in [0.4, 0.5) is 0 Å². The lowest BCUT2D eigenvalue weighted by Crippen LogP contribution is -2.57. The minimum Gasteiger partial charge on any atom is -0.381 e. The molecule has 2 fully saturated rings. The van der Waals surface area contributed by atoms with Crippen LogP contribution in [0.1, 0.15) is 51.4 Å². The van der Waals surface area contributed by atoms with Crippen LogP contribution in [0.2, 0.25) is 0 Å². The molecule has 0 spiro atoms. The zero-order valence-corrected chi connectivity index (χ0v) is 15.4. The van der Waals surface area contributed by atoms with Crippen molar-refractivity contribution in [3.63, 3.8) is 0 Å². The molecule has 5 nitrogen and oxygen atoms in total. The number of nitrogens with one attached hydrogen (secondary N) is 2. The Morgan fingerprint density at radius 3 is 2.48 bits per heavy atom. The van der Waals surface area contributed by atoms with Crippen LogP contribution < -0.4 is 10.6 Å². The van der Waals surface area contributed by atoms with Crippen LogP contribution in [0.15, 0.2) is 4.99 Å². The Bertz CT molecular complexity index is 358. The molecule has 1 saturated carbocycles. The van der Waals surface area contributed by atoms with Gasteiger partial charge in [-0.2, -0.15) is 0 Å². The Morgan fingerprint density at radius 2 is 1.87 bits per heavy atom. The Hall–Kier alpha value is -0.810. The molecule has 2 N–H and O–H groups in total. The molecule has 1 heterocycles. The second kappa shape index (κ2) is 9.48. The lowest BCUT2D eigenvalue weighted by molar-refractivity contribution is -0.00501. The number of nitrogens with zero attached hydrogens (tertiary/aromatic N) is 2. The van der Waals surface area contributed by atoms with Crippen molar-refractivity contribution in [2.24, 2.45) is 10.9 Å². The topological polar surface area (TPSA) is 48.9 Å². The van der Waals surface area contributed by atoms with E-state index in [0.29, 0.717) is 0 Å². The monoisotopic (exact) mass is 324 g/mol. The number of hydrogen-bond donors (Lipinski definition) is 2. The van der Waals surface area contributed by atoms with Gasteiger partial charge >= 0.3 is 0 Å². The quantitative estimate of drug-likeness (QED) is 0.428. The van der Waals surface area contributed by atoms with Crippen LogP contribution in [0.5, 0.6) is 0 Å². The number of hydrogen-bond acceptors (Lipinski definition) is 3. The molecule has 134 valence electrons. The third-order valence-electron chi connectivity index (χ3n) is 5.74. The Balaban J connectivity index is 1.68. The van der Waals surface area contributed by atoms with Gasteiger partial charge in [-0.15, -0.1) is 0 Å². The fourth-order valence-corrected chi connectivity index (χ4v) is 3.90. The predicted molar refractivity (Wildman–Crippen MR) is 97.0 cm³/mol. The van der Waals surface area contributed by atoms with Crippen LogP contribution >= 0.6 is 0 Å². The minimum absolute atomic E-state index is 0.180. The van der Waals surface area contributed by atoms with E-state index in [0.717, 1.165) is 51.0 Å². The molecule has 0 bridgehead atoms. The molecule has 1 saturated heterocycles. The molecule has 23 heavy (non-hydrogen) atoms. The van der Waals surface area contributed by atoms with Gasteiger partial charge in [-0.3, -0.25) is 4.99 Å². The minimum atomic E-state index is 0.180. The first-order valence-corrected chi connectivity index (χ1v) is 9.36. The van der Waals surface area contributed by atoms with E-state index in [2.05, 4.69) is 34.6 Å². The first-order chi connectivity index (χ1) is 11.2. The van der Waals surface area contributed by atoms with E-state index in [-0.39, 0.29) is 5.54 Å². The Labute approximate surface area is 142 Å². The Kier molecular flexibility index (Phi) is 7.63. The average molecular weight is 325 g/mol. The van der Waals surface area contributed by atoms with Gasteiger partial charge in [-0.05, 0) is 45.7 Å². The zero-order valence-electron chi connectivity index (χ0n) is 15.4. The van der Waals surface area contributed by atoms with E-state index < -0.39 is 0 Å². The van der Waals surface area contributed by atoms with E-state index in [1.54, 1.807) is 0 Å². The number of aliphatic imine (C=N–C) groups is 1. The second-order valence-electron chi connectivity index (χ2n) is 7.38. The first-order valence-electron chi connectivity index (χ1n) is 9.36. The molecular formula is C18H36N4O. The van der Waals surface area contributed by atoms with Gasteiger partial charge < -0.3 is 20.3 Å². The smallest absolute Gasteiger partial charge is 0.191 e. The fourth-order valence-electron chi connectivity index (χ4n) is 3.90. The summed E-state index contributed by atoms with van der Waals surface area (Å²) < 4.78 is 5.54. The normalized spacial score (nSPS) is 22.5. The van der Waals surface area contributed by atoms with Gasteiger partial charge in [0.05, 0.1) is 0 Å². The average Bonchev–Trinajstić information content (AvgIpc) is 3.08. The van der Waals surface area contributed by atoms with Crippen molar-refractivity contribution in [2.45, 2.75) is 56.9 Å². The lowest BCUT2D eigenvalue weighted by atomic mass is 9.88. The van der Waals surface area contributed by atoms with Crippen LogP contribution in [0, 0.1) is 5.92 Å². The summed E-state index contributed by atoms with van der Waals surface area (Å²) in [5.74, 6) is 1.91. The number of rotatable bonds is 7. The van der Waals surface area contributed by atoms with Gasteiger partial charge in [0.1, 0.15) is 0 Å². The molecule has 5 heteroatoms. The SMILES string of the molecule is CN=C(NCCCC1CCCC1)NCC1(N(C)C)CCOCC1. The molecule has 0 aromatic carbocycles. The maximum atomic E-state index is 5.54. The van der Waals surface area contributed by atoms with Crippen molar-refractivity contribution in [3.05, 3.63) is 0 Å². The maximum absolute atomic E-state index is 5.54. The highest BCUT2D eigenvalue weighted by Gasteiger charge is 2.34. The molecule has 1 aliphatic carbocycles. The van der Waals surface area contributed by atoms with Crippen molar-refractivity contribution in [1.29, 1.82) is 0 Å². The van der Waals surface area contributed by atoms with E-state index in [1.165, 1.54) is 38.5 Å². The molecular weight excluding hydrogens is 288 g/mol. The summed E-state index contributed by atoms with van der Waals surface area (Å²) in [5.41, 5.74) is 0.180. The van der Waals surface area contributed by atoms with Crippen LogP contribution in [-0.4, -0.2) is 63.8 Å². The third kappa shape index (κ3) is 5.64. The summed E-state index contributed by atoms with van der Waals surface area (Å²) in [6.45, 7) is 3.65. The van der Waals surface area contributed by atoms with Crippen molar-refractivity contribution < 1.29 is 4.74 Å². The maximum Gasteiger partial charge on any atom is 0.191 e. The summed E-state index contributed by atoms with van der Waals surface area (Å²) in [4.78, 5) is 6.72. The molecule has 2 aliphatic rings. The highest BCUT2D eigenvalue weighted by Crippen LogP contribution is 2.28. The molecule has 0 amide bonds. The van der Waals surface area contributed by atoms with E-state index in [4.69, 9.17) is 4.74 Å². The first kappa shape index (κ1) is 18.5. The van der Waals surface area contributed by atoms with Crippen LogP contribution in [-0.2, 0) is 4.74 Å². The van der Waals surface area contributed by atoms with Gasteiger partial charge in [0, 0.05) is 38.9 Å². The lowest BCUT2D eigenvalue weighted by Gasteiger charge is -2.43. The van der Waals surface area contributed by atoms with Gasteiger partial charge in [-0.1, -0.05) is 25.7 Å². The van der Waals surface area contributed by atoms with Crippen LogP contribution in [0.25, 0.3) is 0 Å². The largest absolute Gasteiger partial charge is 0.381 e.